The van der Waals surface area contributed by atoms with Crippen LogP contribution in [-0.4, -0.2) is 79.7 Å². The fourth-order valence-corrected chi connectivity index (χ4v) is 3.19. The Morgan fingerprint density at radius 1 is 1.17 bits per heavy atom. The van der Waals surface area contributed by atoms with Gasteiger partial charge in [0.1, 0.15) is 5.60 Å². The Hall–Kier alpha value is -1.26. The summed E-state index contributed by atoms with van der Waals surface area (Å²) < 4.78 is 5.51. The molecule has 1 aliphatic heterocycles. The molecule has 0 aromatic heterocycles. The molecule has 0 saturated carbocycles. The Labute approximate surface area is 199 Å². The fraction of sp³-hybridized carbons (Fsp3) is 0.857. The van der Waals surface area contributed by atoms with Crippen LogP contribution in [-0.2, 0) is 9.53 Å². The van der Waals surface area contributed by atoms with Crippen molar-refractivity contribution in [1.82, 2.24) is 20.4 Å². The van der Waals surface area contributed by atoms with E-state index in [9.17, 15) is 9.59 Å². The maximum atomic E-state index is 12.4. The van der Waals surface area contributed by atoms with Gasteiger partial charge in [0.2, 0.25) is 5.91 Å². The number of ether oxygens (including phenoxy) is 1. The third kappa shape index (κ3) is 10.7. The number of nitrogens with zero attached hydrogens (tertiary/aromatic N) is 3. The molecule has 0 atom stereocenters. The largest absolute Gasteiger partial charge is 0.444 e. The summed E-state index contributed by atoms with van der Waals surface area (Å²) >= 11 is 0. The molecule has 1 saturated heterocycles. The highest BCUT2D eigenvalue weighted by Gasteiger charge is 2.27. The number of piperidine rings is 1. The number of carbonyl (C=O) groups excluding carboxylic acids is 2. The highest BCUT2D eigenvalue weighted by atomic mass is 127. The summed E-state index contributed by atoms with van der Waals surface area (Å²) in [7, 11) is 1.78. The zero-order valence-electron chi connectivity index (χ0n) is 19.8. The van der Waals surface area contributed by atoms with Crippen LogP contribution in [0.4, 0.5) is 4.79 Å². The van der Waals surface area contributed by atoms with Crippen LogP contribution in [0.1, 0.15) is 54.4 Å². The standard InChI is InChI=1S/C21H41N5O3.HI/c1-8-25(20(28)29-21(4,5)6)15-17-9-13-26(14-10-17)19(22-7)24-12-11-23-18(27)16(2)3;/h16-17H,8-15H2,1-7H3,(H,22,24)(H,23,27);1H. The Bertz CT molecular complexity index is 555. The summed E-state index contributed by atoms with van der Waals surface area (Å²) in [6, 6.07) is 0. The molecule has 0 radical (unpaired) electrons. The third-order valence-electron chi connectivity index (χ3n) is 4.87. The van der Waals surface area contributed by atoms with Gasteiger partial charge in [-0.15, -0.1) is 24.0 Å². The number of amides is 2. The molecule has 9 heteroatoms. The van der Waals surface area contributed by atoms with Gasteiger partial charge in [-0.05, 0) is 46.5 Å². The molecule has 0 bridgehead atoms. The van der Waals surface area contributed by atoms with Crippen molar-refractivity contribution < 1.29 is 14.3 Å². The summed E-state index contributed by atoms with van der Waals surface area (Å²) in [5, 5.41) is 6.22. The summed E-state index contributed by atoms with van der Waals surface area (Å²) in [6.07, 6.45) is 1.78. The van der Waals surface area contributed by atoms with E-state index in [4.69, 9.17) is 4.74 Å². The van der Waals surface area contributed by atoms with Crippen molar-refractivity contribution in [3.05, 3.63) is 0 Å². The lowest BCUT2D eigenvalue weighted by molar-refractivity contribution is -0.123. The van der Waals surface area contributed by atoms with Gasteiger partial charge in [0.25, 0.3) is 0 Å². The van der Waals surface area contributed by atoms with Crippen LogP contribution in [0.15, 0.2) is 4.99 Å². The van der Waals surface area contributed by atoms with E-state index in [-0.39, 0.29) is 41.9 Å². The van der Waals surface area contributed by atoms with E-state index in [1.54, 1.807) is 11.9 Å². The first kappa shape index (κ1) is 28.7. The number of guanidine groups is 1. The van der Waals surface area contributed by atoms with Gasteiger partial charge in [0, 0.05) is 52.2 Å². The van der Waals surface area contributed by atoms with E-state index in [0.29, 0.717) is 25.6 Å². The van der Waals surface area contributed by atoms with Crippen LogP contribution in [0.25, 0.3) is 0 Å². The van der Waals surface area contributed by atoms with Gasteiger partial charge in [0.15, 0.2) is 5.96 Å². The van der Waals surface area contributed by atoms with Gasteiger partial charge in [-0.2, -0.15) is 0 Å². The Kier molecular flexibility index (Phi) is 13.3. The van der Waals surface area contributed by atoms with Crippen molar-refractivity contribution in [2.45, 2.75) is 60.0 Å². The van der Waals surface area contributed by atoms with Crippen LogP contribution in [0, 0.1) is 11.8 Å². The predicted molar refractivity (Wildman–Crippen MR) is 132 cm³/mol. The highest BCUT2D eigenvalue weighted by molar-refractivity contribution is 14.0. The molecular formula is C21H42IN5O3. The van der Waals surface area contributed by atoms with E-state index in [1.807, 2.05) is 41.5 Å². The van der Waals surface area contributed by atoms with Gasteiger partial charge in [-0.25, -0.2) is 4.79 Å². The number of halogens is 1. The zero-order chi connectivity index (χ0) is 22.0. The normalized spacial score (nSPS) is 15.5. The van der Waals surface area contributed by atoms with Crippen molar-refractivity contribution in [3.8, 4) is 0 Å². The van der Waals surface area contributed by atoms with Gasteiger partial charge in [-0.3, -0.25) is 9.79 Å². The molecule has 1 rings (SSSR count). The predicted octanol–water partition coefficient (Wildman–Crippen LogP) is 2.92. The lowest BCUT2D eigenvalue weighted by Crippen LogP contribution is -2.49. The highest BCUT2D eigenvalue weighted by Crippen LogP contribution is 2.20. The van der Waals surface area contributed by atoms with Crippen LogP contribution in [0.5, 0.6) is 0 Å². The fourth-order valence-electron chi connectivity index (χ4n) is 3.19. The van der Waals surface area contributed by atoms with Crippen LogP contribution in [0.2, 0.25) is 0 Å². The Morgan fingerprint density at radius 3 is 2.20 bits per heavy atom. The van der Waals surface area contributed by atoms with Crippen LogP contribution in [0.3, 0.4) is 0 Å². The smallest absolute Gasteiger partial charge is 0.410 e. The number of likely N-dealkylation sites (tertiary alicyclic amines) is 1. The van der Waals surface area contributed by atoms with Gasteiger partial charge in [0.05, 0.1) is 0 Å². The molecule has 1 fully saturated rings. The monoisotopic (exact) mass is 539 g/mol. The third-order valence-corrected chi connectivity index (χ3v) is 4.87. The summed E-state index contributed by atoms with van der Waals surface area (Å²) in [4.78, 5) is 32.4. The summed E-state index contributed by atoms with van der Waals surface area (Å²) in [5.74, 6) is 1.38. The minimum absolute atomic E-state index is 0. The molecule has 0 aliphatic carbocycles. The van der Waals surface area contributed by atoms with Crippen molar-refractivity contribution >= 4 is 41.9 Å². The maximum Gasteiger partial charge on any atom is 0.410 e. The molecule has 0 spiro atoms. The molecule has 0 unspecified atom stereocenters. The molecule has 30 heavy (non-hydrogen) atoms. The lowest BCUT2D eigenvalue weighted by Gasteiger charge is -2.36. The van der Waals surface area contributed by atoms with Gasteiger partial charge < -0.3 is 25.2 Å². The topological polar surface area (TPSA) is 86.3 Å². The zero-order valence-corrected chi connectivity index (χ0v) is 22.1. The molecular weight excluding hydrogens is 497 g/mol. The van der Waals surface area contributed by atoms with E-state index < -0.39 is 5.60 Å². The number of rotatable bonds is 7. The SMILES string of the molecule is CCN(CC1CCN(C(=NC)NCCNC(=O)C(C)C)CC1)C(=O)OC(C)(C)C.I. The minimum Gasteiger partial charge on any atom is -0.444 e. The second-order valence-electron chi connectivity index (χ2n) is 8.87. The molecule has 2 amide bonds. The summed E-state index contributed by atoms with van der Waals surface area (Å²) in [6.45, 7) is 15.8. The molecule has 0 aromatic rings. The molecule has 176 valence electrons. The number of hydrogen-bond donors (Lipinski definition) is 2. The van der Waals surface area contributed by atoms with Crippen molar-refractivity contribution in [2.75, 3.05) is 46.3 Å². The molecule has 0 aromatic carbocycles. The van der Waals surface area contributed by atoms with Crippen LogP contribution < -0.4 is 10.6 Å². The first-order valence-corrected chi connectivity index (χ1v) is 10.8. The van der Waals surface area contributed by atoms with E-state index in [2.05, 4.69) is 20.5 Å². The minimum atomic E-state index is -0.472. The molecule has 1 aliphatic rings. The van der Waals surface area contributed by atoms with Crippen molar-refractivity contribution in [3.63, 3.8) is 0 Å². The molecule has 1 heterocycles. The Morgan fingerprint density at radius 2 is 1.73 bits per heavy atom. The van der Waals surface area contributed by atoms with Crippen molar-refractivity contribution in [2.24, 2.45) is 16.8 Å². The first-order valence-electron chi connectivity index (χ1n) is 10.8. The maximum absolute atomic E-state index is 12.4. The Balaban J connectivity index is 0.00000841. The van der Waals surface area contributed by atoms with Gasteiger partial charge >= 0.3 is 6.09 Å². The van der Waals surface area contributed by atoms with E-state index >= 15 is 0 Å². The number of aliphatic imine (C=N–C) groups is 1. The van der Waals surface area contributed by atoms with E-state index in [0.717, 1.165) is 38.4 Å². The molecule has 2 N–H and O–H groups in total. The number of hydrogen-bond acceptors (Lipinski definition) is 4. The lowest BCUT2D eigenvalue weighted by atomic mass is 9.96. The van der Waals surface area contributed by atoms with Crippen molar-refractivity contribution in [1.29, 1.82) is 0 Å². The number of carbonyl (C=O) groups is 2. The first-order chi connectivity index (χ1) is 13.6. The van der Waals surface area contributed by atoms with Gasteiger partial charge in [-0.1, -0.05) is 13.8 Å². The second kappa shape index (κ2) is 13.9. The quantitative estimate of drug-likeness (QED) is 0.225. The van der Waals surface area contributed by atoms with Crippen LogP contribution >= 0.6 is 24.0 Å². The molecule has 8 nitrogen and oxygen atoms in total. The second-order valence-corrected chi connectivity index (χ2v) is 8.87. The van der Waals surface area contributed by atoms with E-state index in [1.165, 1.54) is 0 Å². The number of nitrogens with one attached hydrogen (secondary N) is 2. The average Bonchev–Trinajstić information content (AvgIpc) is 2.65. The average molecular weight is 540 g/mol. The summed E-state index contributed by atoms with van der Waals surface area (Å²) in [5.41, 5.74) is -0.472.